The van der Waals surface area contributed by atoms with Crippen molar-refractivity contribution in [2.45, 2.75) is 172 Å². The number of alkyl carbamates (subject to hydrolysis) is 2. The van der Waals surface area contributed by atoms with Gasteiger partial charge >= 0.3 is 18.3 Å². The molecule has 2 heterocycles. The van der Waals surface area contributed by atoms with E-state index in [1.807, 2.05) is 0 Å². The molecule has 0 aromatic rings. The number of carbonyl (C=O) groups excluding carboxylic acids is 4. The number of guanidine groups is 1. The molecular weight excluding hydrogens is 804 g/mol. The van der Waals surface area contributed by atoms with Gasteiger partial charge in [-0.05, 0) is 94.6 Å². The molecule has 12 atom stereocenters. The van der Waals surface area contributed by atoms with Crippen molar-refractivity contribution >= 4 is 30.1 Å². The Morgan fingerprint density at radius 1 is 0.951 bits per heavy atom. The van der Waals surface area contributed by atoms with Crippen molar-refractivity contribution in [1.29, 1.82) is 0 Å². The molecule has 350 valence electrons. The number of hydrogen-bond acceptors (Lipinski definition) is 16. The van der Waals surface area contributed by atoms with Crippen molar-refractivity contribution in [1.82, 2.24) is 20.9 Å². The molecule has 1 unspecified atom stereocenters. The first-order valence-corrected chi connectivity index (χ1v) is 20.3. The molecule has 0 aromatic heterocycles. The van der Waals surface area contributed by atoms with Gasteiger partial charge in [-0.3, -0.25) is 4.79 Å². The Hall–Kier alpha value is -4.19. The van der Waals surface area contributed by atoms with E-state index in [4.69, 9.17) is 45.6 Å². The molecule has 1 saturated carbocycles. The average molecular weight is 875 g/mol. The monoisotopic (exact) mass is 875 g/mol. The highest BCUT2D eigenvalue weighted by Crippen LogP contribution is 2.39. The van der Waals surface area contributed by atoms with E-state index in [1.54, 1.807) is 68.4 Å². The van der Waals surface area contributed by atoms with Crippen LogP contribution < -0.4 is 33.2 Å². The number of ether oxygens (including phenoxy) is 6. The normalized spacial score (nSPS) is 31.2. The average Bonchev–Trinajstić information content (AvgIpc) is 3.08. The zero-order valence-corrected chi connectivity index (χ0v) is 37.2. The highest BCUT2D eigenvalue weighted by Gasteiger charge is 2.56. The number of carbonyl (C=O) groups is 4. The number of nitrogens with two attached hydrogens (primary N) is 3. The summed E-state index contributed by atoms with van der Waals surface area (Å²) in [5.74, 6) is -2.04. The second-order valence-corrected chi connectivity index (χ2v) is 18.9. The van der Waals surface area contributed by atoms with Crippen molar-refractivity contribution in [3.05, 3.63) is 11.8 Å². The Bertz CT molecular complexity index is 1590. The van der Waals surface area contributed by atoms with Crippen LogP contribution in [0, 0.1) is 5.92 Å². The van der Waals surface area contributed by atoms with Crippen LogP contribution in [0.1, 0.15) is 88.5 Å². The summed E-state index contributed by atoms with van der Waals surface area (Å²) < 4.78 is 34.8. The summed E-state index contributed by atoms with van der Waals surface area (Å²) in [6.45, 7) is 15.6. The van der Waals surface area contributed by atoms with E-state index in [1.165, 1.54) is 14.0 Å². The molecule has 3 aliphatic rings. The first-order chi connectivity index (χ1) is 27.9. The number of aliphatic imine (C=N–C) groups is 1. The molecule has 2 fully saturated rings. The van der Waals surface area contributed by atoms with Crippen molar-refractivity contribution in [3.8, 4) is 0 Å². The molecule has 1 saturated heterocycles. The number of nitrogens with zero attached hydrogens (tertiary/aromatic N) is 2. The van der Waals surface area contributed by atoms with Gasteiger partial charge in [0.15, 0.2) is 12.2 Å². The fraction of sp³-hybridized carbons (Fsp3) is 0.821. The second kappa shape index (κ2) is 20.3. The molecule has 2 aliphatic heterocycles. The molecule has 1 aliphatic carbocycles. The number of nitrogens with one attached hydrogen (secondary N) is 3. The Morgan fingerprint density at radius 3 is 2.10 bits per heavy atom. The maximum atomic E-state index is 13.7. The SMILES string of the molecule is CN(C(=O)OC(C)(C)C)[C@@H]1[C@@H](O)[C@@H](O[C@H]2[C@H](NC(=O)[C@@H](O)CCNC(=O)OC(C)(C)C)C[C@H](NC(=O)OC(C)(C)C)C([C@H]3OC(CN)=CC[C@H]3N=C(N)N)[C@@H]2O)OC[C@]1(C)O. The molecule has 22 heteroatoms. The molecule has 13 N–H and O–H groups in total. The van der Waals surface area contributed by atoms with Gasteiger partial charge in [-0.25, -0.2) is 19.4 Å². The molecule has 4 amide bonds. The van der Waals surface area contributed by atoms with Crippen LogP contribution in [0.25, 0.3) is 0 Å². The Morgan fingerprint density at radius 2 is 1.54 bits per heavy atom. The number of aliphatic hydroxyl groups excluding tert-OH is 3. The van der Waals surface area contributed by atoms with Crippen molar-refractivity contribution < 1.29 is 68.0 Å². The fourth-order valence-corrected chi connectivity index (χ4v) is 7.44. The van der Waals surface area contributed by atoms with Crippen LogP contribution in [0.4, 0.5) is 14.4 Å². The summed E-state index contributed by atoms with van der Waals surface area (Å²) in [6, 6.07) is -4.55. The molecule has 0 aromatic carbocycles. The number of amides is 4. The number of hydrogen-bond donors (Lipinski definition) is 10. The summed E-state index contributed by atoms with van der Waals surface area (Å²) in [5, 5.41) is 54.6. The minimum Gasteiger partial charge on any atom is -0.491 e. The van der Waals surface area contributed by atoms with Gasteiger partial charge in [0, 0.05) is 25.6 Å². The predicted octanol–water partition coefficient (Wildman–Crippen LogP) is -0.617. The second-order valence-electron chi connectivity index (χ2n) is 18.9. The van der Waals surface area contributed by atoms with Crippen molar-refractivity contribution in [2.75, 3.05) is 26.7 Å². The van der Waals surface area contributed by atoms with Gasteiger partial charge in [-0.1, -0.05) is 0 Å². The molecule has 0 spiro atoms. The van der Waals surface area contributed by atoms with E-state index in [0.717, 1.165) is 4.90 Å². The van der Waals surface area contributed by atoms with Crippen LogP contribution in [0.15, 0.2) is 16.8 Å². The van der Waals surface area contributed by atoms with Crippen LogP contribution in [-0.2, 0) is 33.2 Å². The lowest BCUT2D eigenvalue weighted by molar-refractivity contribution is -0.305. The summed E-state index contributed by atoms with van der Waals surface area (Å²) in [7, 11) is 1.33. The molecular formula is C39H70N8O14. The minimum atomic E-state index is -1.83. The van der Waals surface area contributed by atoms with Crippen LogP contribution in [-0.4, -0.2) is 166 Å². The maximum absolute atomic E-state index is 13.7. The minimum absolute atomic E-state index is 0.0358. The zero-order chi connectivity index (χ0) is 46.4. The molecule has 0 bridgehead atoms. The maximum Gasteiger partial charge on any atom is 0.410 e. The van der Waals surface area contributed by atoms with Gasteiger partial charge in [0.05, 0.1) is 37.4 Å². The van der Waals surface area contributed by atoms with Gasteiger partial charge in [0.25, 0.3) is 0 Å². The van der Waals surface area contributed by atoms with Crippen LogP contribution in [0.5, 0.6) is 0 Å². The zero-order valence-electron chi connectivity index (χ0n) is 37.2. The van der Waals surface area contributed by atoms with Gasteiger partial charge in [0.1, 0.15) is 52.6 Å². The molecule has 22 nitrogen and oxygen atoms in total. The Kier molecular flexibility index (Phi) is 17.1. The standard InChI is InChI=1S/C39H70N8O14/c1-36(2,3)59-33(52)43-15-14-23(48)30(51)44-22-16-21(46-34(53)60-37(4,5)6)24(27-20(45-32(41)42)13-12-19(17-40)57-27)25(49)28(22)58-31-26(50)29(39(10,55)18-56-31)47(11)35(54)61-38(7,8)9/h12,20-29,31,48-50,55H,13-18,40H2,1-11H3,(H,43,52)(H,44,51)(H,46,53)(H4,41,42,45)/t20-,21+,22-,23+,24?,25+,26-,27+,28+,29-,31-,39+/m1/s1. The number of rotatable bonds is 12. The third-order valence-corrected chi connectivity index (χ3v) is 9.84. The lowest BCUT2D eigenvalue weighted by atomic mass is 9.72. The van der Waals surface area contributed by atoms with Gasteiger partial charge in [-0.15, -0.1) is 0 Å². The molecule has 3 rings (SSSR count). The van der Waals surface area contributed by atoms with E-state index >= 15 is 0 Å². The van der Waals surface area contributed by atoms with Crippen LogP contribution >= 0.6 is 0 Å². The Labute approximate surface area is 357 Å². The largest absolute Gasteiger partial charge is 0.491 e. The summed E-state index contributed by atoms with van der Waals surface area (Å²) in [5.41, 5.74) is 13.1. The smallest absolute Gasteiger partial charge is 0.410 e. The molecule has 0 radical (unpaired) electrons. The lowest BCUT2D eigenvalue weighted by Crippen LogP contribution is -2.70. The number of likely N-dealkylation sites (N-methyl/N-ethyl adjacent to an activating group) is 1. The predicted molar refractivity (Wildman–Crippen MR) is 219 cm³/mol. The third-order valence-electron chi connectivity index (χ3n) is 9.84. The summed E-state index contributed by atoms with van der Waals surface area (Å²) in [6.07, 6.45) is -10.5. The Balaban J connectivity index is 2.08. The van der Waals surface area contributed by atoms with Gasteiger partial charge in [0.2, 0.25) is 5.91 Å². The van der Waals surface area contributed by atoms with Crippen LogP contribution in [0.2, 0.25) is 0 Å². The van der Waals surface area contributed by atoms with Crippen molar-refractivity contribution in [3.63, 3.8) is 0 Å². The lowest BCUT2D eigenvalue weighted by Gasteiger charge is -2.52. The van der Waals surface area contributed by atoms with E-state index in [0.29, 0.717) is 5.76 Å². The molecule has 61 heavy (non-hydrogen) atoms. The van der Waals surface area contributed by atoms with E-state index in [2.05, 4.69) is 20.9 Å². The van der Waals surface area contributed by atoms with Crippen LogP contribution in [0.3, 0.4) is 0 Å². The van der Waals surface area contributed by atoms with Gasteiger partial charge in [-0.2, -0.15) is 0 Å². The fourth-order valence-electron chi connectivity index (χ4n) is 7.44. The third kappa shape index (κ3) is 15.0. The highest BCUT2D eigenvalue weighted by molar-refractivity contribution is 5.81. The van der Waals surface area contributed by atoms with E-state index in [-0.39, 0.29) is 38.3 Å². The van der Waals surface area contributed by atoms with E-state index < -0.39 is 120 Å². The van der Waals surface area contributed by atoms with E-state index in [9.17, 15) is 39.6 Å². The summed E-state index contributed by atoms with van der Waals surface area (Å²) >= 11 is 0. The van der Waals surface area contributed by atoms with Gasteiger partial charge < -0.3 is 86.9 Å². The first-order valence-electron chi connectivity index (χ1n) is 20.3. The topological polar surface area (TPSA) is 334 Å². The highest BCUT2D eigenvalue weighted by atomic mass is 16.7. The first kappa shape index (κ1) is 51.2. The summed E-state index contributed by atoms with van der Waals surface area (Å²) in [4.78, 5) is 57.8. The quantitative estimate of drug-likeness (QED) is 0.0664. The van der Waals surface area contributed by atoms with Crippen molar-refractivity contribution in [2.24, 2.45) is 28.1 Å². The number of aliphatic hydroxyl groups is 4.